The van der Waals surface area contributed by atoms with Crippen LogP contribution in [0.3, 0.4) is 0 Å². The number of carbonyl (C=O) groups is 1. The second-order valence-corrected chi connectivity index (χ2v) is 8.81. The van der Waals surface area contributed by atoms with Gasteiger partial charge in [-0.3, -0.25) is 9.78 Å². The van der Waals surface area contributed by atoms with E-state index in [-0.39, 0.29) is 5.91 Å². The minimum Gasteiger partial charge on any atom is -0.325 e. The predicted octanol–water partition coefficient (Wildman–Crippen LogP) is 6.11. The first-order valence-electron chi connectivity index (χ1n) is 9.62. The Hall–Kier alpha value is -2.04. The summed E-state index contributed by atoms with van der Waals surface area (Å²) in [6.07, 6.45) is 4.38. The highest BCUT2D eigenvalue weighted by molar-refractivity contribution is 8.00. The molecule has 1 amide bonds. The molecule has 3 aromatic rings. The minimum atomic E-state index is 0.00949. The number of rotatable bonds is 4. The summed E-state index contributed by atoms with van der Waals surface area (Å²) in [4.78, 5) is 18.7. The number of thioether (sulfide) groups is 1. The number of nitrogens with one attached hydrogen (secondary N) is 1. The summed E-state index contributed by atoms with van der Waals surface area (Å²) in [6.45, 7) is 4.04. The van der Waals surface area contributed by atoms with Crippen molar-refractivity contribution in [1.82, 2.24) is 4.98 Å². The number of hydrogen-bond acceptors (Lipinski definition) is 3. The zero-order chi connectivity index (χ0) is 19.7. The number of aryl methyl sites for hydroxylation is 3. The number of halogens is 1. The lowest BCUT2D eigenvalue weighted by molar-refractivity contribution is -0.113. The standard InChI is InChI=1S/C23H23ClN2OS/c1-14-7-8-15(2)21(11-14)26-22(27)13-28-23-17-5-3-4-6-19(17)25-20-10-9-16(24)12-18(20)23/h7-12H,3-6,13H2,1-2H3,(H,26,27). The molecule has 2 aromatic carbocycles. The average molecular weight is 411 g/mol. The fraction of sp³-hybridized carbons (Fsp3) is 0.304. The van der Waals surface area contributed by atoms with Crippen LogP contribution < -0.4 is 5.32 Å². The maximum atomic E-state index is 12.6. The summed E-state index contributed by atoms with van der Waals surface area (Å²) in [5.74, 6) is 0.376. The molecule has 0 atom stereocenters. The van der Waals surface area contributed by atoms with Gasteiger partial charge in [-0.1, -0.05) is 23.7 Å². The van der Waals surface area contributed by atoms with Crippen molar-refractivity contribution in [3.05, 3.63) is 63.8 Å². The van der Waals surface area contributed by atoms with Crippen LogP contribution in [0.2, 0.25) is 5.02 Å². The van der Waals surface area contributed by atoms with Crippen LogP contribution in [-0.4, -0.2) is 16.6 Å². The molecule has 144 valence electrons. The Morgan fingerprint density at radius 2 is 1.96 bits per heavy atom. The van der Waals surface area contributed by atoms with Gasteiger partial charge in [0.1, 0.15) is 0 Å². The SMILES string of the molecule is Cc1ccc(C)c(NC(=O)CSc2c3c(nc4ccc(Cl)cc24)CCCC3)c1. The maximum Gasteiger partial charge on any atom is 0.234 e. The van der Waals surface area contributed by atoms with Crippen LogP contribution in [0.4, 0.5) is 5.69 Å². The first-order valence-corrected chi connectivity index (χ1v) is 11.0. The van der Waals surface area contributed by atoms with Gasteiger partial charge in [-0.15, -0.1) is 11.8 Å². The molecule has 1 heterocycles. The lowest BCUT2D eigenvalue weighted by Gasteiger charge is -2.20. The Morgan fingerprint density at radius 1 is 1.14 bits per heavy atom. The molecule has 0 bridgehead atoms. The van der Waals surface area contributed by atoms with Gasteiger partial charge < -0.3 is 5.32 Å². The van der Waals surface area contributed by atoms with Gasteiger partial charge >= 0.3 is 0 Å². The topological polar surface area (TPSA) is 42.0 Å². The third-order valence-corrected chi connectivity index (χ3v) is 6.58. The van der Waals surface area contributed by atoms with E-state index >= 15 is 0 Å². The summed E-state index contributed by atoms with van der Waals surface area (Å²) in [7, 11) is 0. The number of anilines is 1. The van der Waals surface area contributed by atoms with E-state index in [9.17, 15) is 4.79 Å². The molecule has 0 fully saturated rings. The van der Waals surface area contributed by atoms with Crippen molar-refractivity contribution in [1.29, 1.82) is 0 Å². The van der Waals surface area contributed by atoms with E-state index in [2.05, 4.69) is 11.4 Å². The number of benzene rings is 2. The van der Waals surface area contributed by atoms with Gasteiger partial charge in [0.25, 0.3) is 0 Å². The van der Waals surface area contributed by atoms with Crippen molar-refractivity contribution in [3.8, 4) is 0 Å². The van der Waals surface area contributed by atoms with Crippen molar-refractivity contribution >= 4 is 45.9 Å². The van der Waals surface area contributed by atoms with Crippen LogP contribution in [0.5, 0.6) is 0 Å². The smallest absolute Gasteiger partial charge is 0.234 e. The van der Waals surface area contributed by atoms with E-state index in [1.165, 1.54) is 29.0 Å². The minimum absolute atomic E-state index is 0.00949. The Balaban J connectivity index is 1.61. The largest absolute Gasteiger partial charge is 0.325 e. The monoisotopic (exact) mass is 410 g/mol. The number of nitrogens with zero attached hydrogens (tertiary/aromatic N) is 1. The van der Waals surface area contributed by atoms with Crippen molar-refractivity contribution < 1.29 is 4.79 Å². The zero-order valence-corrected chi connectivity index (χ0v) is 17.7. The van der Waals surface area contributed by atoms with Crippen LogP contribution in [-0.2, 0) is 17.6 Å². The van der Waals surface area contributed by atoms with Gasteiger partial charge in [-0.2, -0.15) is 0 Å². The van der Waals surface area contributed by atoms with Crippen molar-refractivity contribution in [2.24, 2.45) is 0 Å². The number of carbonyl (C=O) groups excluding carboxylic acids is 1. The molecule has 0 saturated carbocycles. The number of aromatic nitrogens is 1. The molecule has 0 radical (unpaired) electrons. The molecular weight excluding hydrogens is 388 g/mol. The Bertz CT molecular complexity index is 1060. The molecule has 0 spiro atoms. The van der Waals surface area contributed by atoms with Gasteiger partial charge in [0, 0.05) is 26.7 Å². The first kappa shape index (κ1) is 19.3. The quantitative estimate of drug-likeness (QED) is 0.527. The van der Waals surface area contributed by atoms with Crippen LogP contribution in [0.25, 0.3) is 10.9 Å². The summed E-state index contributed by atoms with van der Waals surface area (Å²) in [5, 5.41) is 4.81. The summed E-state index contributed by atoms with van der Waals surface area (Å²) < 4.78 is 0. The molecule has 5 heteroatoms. The van der Waals surface area contributed by atoms with E-state index in [1.54, 1.807) is 11.8 Å². The molecule has 0 aliphatic heterocycles. The van der Waals surface area contributed by atoms with Gasteiger partial charge in [0.15, 0.2) is 0 Å². The Labute approximate surface area is 174 Å². The van der Waals surface area contributed by atoms with Crippen molar-refractivity contribution in [2.75, 3.05) is 11.1 Å². The average Bonchev–Trinajstić information content (AvgIpc) is 2.68. The molecule has 3 nitrogen and oxygen atoms in total. The number of amides is 1. The Morgan fingerprint density at radius 3 is 2.82 bits per heavy atom. The first-order chi connectivity index (χ1) is 13.5. The fourth-order valence-corrected chi connectivity index (χ4v) is 4.95. The molecule has 0 saturated heterocycles. The van der Waals surface area contributed by atoms with E-state index in [1.807, 2.05) is 44.2 Å². The molecule has 1 N–H and O–H groups in total. The van der Waals surface area contributed by atoms with Gasteiger partial charge in [-0.05, 0) is 80.5 Å². The van der Waals surface area contributed by atoms with Crippen molar-refractivity contribution in [3.63, 3.8) is 0 Å². The highest BCUT2D eigenvalue weighted by atomic mass is 35.5. The maximum absolute atomic E-state index is 12.6. The highest BCUT2D eigenvalue weighted by Crippen LogP contribution is 2.37. The zero-order valence-electron chi connectivity index (χ0n) is 16.1. The molecule has 28 heavy (non-hydrogen) atoms. The third-order valence-electron chi connectivity index (χ3n) is 5.19. The molecule has 0 unspecified atom stereocenters. The van der Waals surface area contributed by atoms with Gasteiger partial charge in [0.05, 0.1) is 11.3 Å². The second-order valence-electron chi connectivity index (χ2n) is 7.39. The summed E-state index contributed by atoms with van der Waals surface area (Å²) >= 11 is 7.86. The molecule has 1 aliphatic carbocycles. The van der Waals surface area contributed by atoms with Gasteiger partial charge in [0.2, 0.25) is 5.91 Å². The van der Waals surface area contributed by atoms with Crippen molar-refractivity contribution in [2.45, 2.75) is 44.4 Å². The fourth-order valence-electron chi connectivity index (χ4n) is 3.71. The van der Waals surface area contributed by atoms with E-state index in [4.69, 9.17) is 16.6 Å². The number of fused-ring (bicyclic) bond motifs is 2. The summed E-state index contributed by atoms with van der Waals surface area (Å²) in [6, 6.07) is 11.9. The molecular formula is C23H23ClN2OS. The number of hydrogen-bond donors (Lipinski definition) is 1. The lowest BCUT2D eigenvalue weighted by atomic mass is 9.94. The normalized spacial score (nSPS) is 13.4. The van der Waals surface area contributed by atoms with E-state index in [0.29, 0.717) is 10.8 Å². The molecule has 4 rings (SSSR count). The molecule has 1 aliphatic rings. The van der Waals surface area contributed by atoms with Crippen LogP contribution in [0.15, 0.2) is 41.3 Å². The third kappa shape index (κ3) is 4.03. The highest BCUT2D eigenvalue weighted by Gasteiger charge is 2.19. The van der Waals surface area contributed by atoms with E-state index < -0.39 is 0 Å². The van der Waals surface area contributed by atoms with Crippen LogP contribution in [0.1, 0.15) is 35.2 Å². The number of pyridine rings is 1. The van der Waals surface area contributed by atoms with Gasteiger partial charge in [-0.25, -0.2) is 0 Å². The lowest BCUT2D eigenvalue weighted by Crippen LogP contribution is -2.15. The molecule has 1 aromatic heterocycles. The van der Waals surface area contributed by atoms with Crippen LogP contribution >= 0.6 is 23.4 Å². The summed E-state index contributed by atoms with van der Waals surface area (Å²) in [5.41, 5.74) is 6.53. The Kier molecular flexibility index (Phi) is 5.61. The van der Waals surface area contributed by atoms with Crippen LogP contribution in [0, 0.1) is 13.8 Å². The predicted molar refractivity (Wildman–Crippen MR) is 119 cm³/mol. The van der Waals surface area contributed by atoms with E-state index in [0.717, 1.165) is 40.6 Å². The second kappa shape index (κ2) is 8.14.